The maximum Gasteiger partial charge on any atom is 0.152 e. The number of anilines is 2. The summed E-state index contributed by atoms with van der Waals surface area (Å²) in [5, 5.41) is 0. The molecule has 0 saturated carbocycles. The summed E-state index contributed by atoms with van der Waals surface area (Å²) in [6.45, 7) is 0. The van der Waals surface area contributed by atoms with Crippen molar-refractivity contribution in [3.8, 4) is 0 Å². The van der Waals surface area contributed by atoms with E-state index in [0.717, 1.165) is 0 Å². The van der Waals surface area contributed by atoms with Crippen molar-refractivity contribution < 1.29 is 19.2 Å². The zero-order chi connectivity index (χ0) is 12.3. The zero-order valence-electron chi connectivity index (χ0n) is 8.10. The molecule has 6 heteroatoms. The van der Waals surface area contributed by atoms with Gasteiger partial charge >= 0.3 is 0 Å². The molecule has 4 N–H and O–H groups in total. The van der Waals surface area contributed by atoms with Crippen LogP contribution < -0.4 is 11.5 Å². The third-order valence-electron chi connectivity index (χ3n) is 2.21. The van der Waals surface area contributed by atoms with Crippen LogP contribution in [0, 0.1) is 0 Å². The lowest BCUT2D eigenvalue weighted by molar-refractivity contribution is 0.108. The number of aldehydes is 4. The first-order valence-corrected chi connectivity index (χ1v) is 4.17. The average molecular weight is 220 g/mol. The molecule has 0 aliphatic heterocycles. The van der Waals surface area contributed by atoms with Crippen LogP contribution in [0.25, 0.3) is 0 Å². The fraction of sp³-hybridized carbons (Fsp3) is 0. The second-order valence-corrected chi connectivity index (χ2v) is 2.95. The fourth-order valence-corrected chi connectivity index (χ4v) is 1.38. The number of nitrogen functional groups attached to an aromatic ring is 2. The van der Waals surface area contributed by atoms with E-state index in [1.165, 1.54) is 0 Å². The number of rotatable bonds is 4. The van der Waals surface area contributed by atoms with E-state index in [0.29, 0.717) is 25.1 Å². The first kappa shape index (κ1) is 11.6. The molecule has 1 aromatic rings. The SMILES string of the molecule is Nc1c(C=O)c(C=O)c(N)c(C=O)c1C=O. The largest absolute Gasteiger partial charge is 0.398 e. The number of benzene rings is 1. The molecule has 0 aliphatic rings. The van der Waals surface area contributed by atoms with Gasteiger partial charge in [0.15, 0.2) is 25.1 Å². The van der Waals surface area contributed by atoms with E-state index in [-0.39, 0.29) is 33.6 Å². The lowest BCUT2D eigenvalue weighted by Crippen LogP contribution is -2.11. The molecule has 0 fully saturated rings. The summed E-state index contributed by atoms with van der Waals surface area (Å²) in [7, 11) is 0. The maximum atomic E-state index is 10.7. The summed E-state index contributed by atoms with van der Waals surface area (Å²) in [5.74, 6) is 0. The van der Waals surface area contributed by atoms with Crippen LogP contribution in [0.3, 0.4) is 0 Å². The molecule has 16 heavy (non-hydrogen) atoms. The topological polar surface area (TPSA) is 120 Å². The standard InChI is InChI=1S/C10H8N2O4/c11-9-5(1-13)6(2-14)10(12)8(4-16)7(9)3-15/h1-4H,11-12H2. The Morgan fingerprint density at radius 3 is 0.875 bits per heavy atom. The molecular weight excluding hydrogens is 212 g/mol. The minimum Gasteiger partial charge on any atom is -0.398 e. The molecule has 0 aliphatic carbocycles. The van der Waals surface area contributed by atoms with Crippen LogP contribution in [0.15, 0.2) is 0 Å². The summed E-state index contributed by atoms with van der Waals surface area (Å²) in [6, 6.07) is 0. The van der Waals surface area contributed by atoms with Crippen LogP contribution in [0.2, 0.25) is 0 Å². The van der Waals surface area contributed by atoms with E-state index >= 15 is 0 Å². The third-order valence-corrected chi connectivity index (χ3v) is 2.21. The predicted octanol–water partition coefficient (Wildman–Crippen LogP) is 0.101. The summed E-state index contributed by atoms with van der Waals surface area (Å²) < 4.78 is 0. The van der Waals surface area contributed by atoms with Crippen LogP contribution in [-0.4, -0.2) is 25.1 Å². The van der Waals surface area contributed by atoms with Crippen molar-refractivity contribution >= 4 is 36.5 Å². The molecule has 82 valence electrons. The highest BCUT2D eigenvalue weighted by Crippen LogP contribution is 2.28. The number of carbonyl (C=O) groups is 4. The quantitative estimate of drug-likeness (QED) is 0.548. The van der Waals surface area contributed by atoms with Crippen molar-refractivity contribution in [2.75, 3.05) is 11.5 Å². The van der Waals surface area contributed by atoms with Crippen molar-refractivity contribution in [1.82, 2.24) is 0 Å². The van der Waals surface area contributed by atoms with Crippen LogP contribution >= 0.6 is 0 Å². The van der Waals surface area contributed by atoms with Gasteiger partial charge in [-0.05, 0) is 0 Å². The molecule has 6 nitrogen and oxygen atoms in total. The van der Waals surface area contributed by atoms with E-state index in [9.17, 15) is 19.2 Å². The Balaban J connectivity index is 3.88. The molecule has 1 rings (SSSR count). The van der Waals surface area contributed by atoms with Crippen molar-refractivity contribution in [2.45, 2.75) is 0 Å². The molecule has 1 aromatic carbocycles. The van der Waals surface area contributed by atoms with Crippen LogP contribution in [0.4, 0.5) is 11.4 Å². The second kappa shape index (κ2) is 4.35. The van der Waals surface area contributed by atoms with Crippen molar-refractivity contribution in [2.24, 2.45) is 0 Å². The smallest absolute Gasteiger partial charge is 0.152 e. The number of carbonyl (C=O) groups excluding carboxylic acids is 4. The van der Waals surface area contributed by atoms with Gasteiger partial charge in [0.05, 0.1) is 33.6 Å². The summed E-state index contributed by atoms with van der Waals surface area (Å²) in [6.07, 6.45) is 1.27. The predicted molar refractivity (Wildman–Crippen MR) is 56.8 cm³/mol. The molecule has 0 saturated heterocycles. The number of nitrogens with two attached hydrogens (primary N) is 2. The van der Waals surface area contributed by atoms with Crippen molar-refractivity contribution in [3.63, 3.8) is 0 Å². The van der Waals surface area contributed by atoms with E-state index in [1.807, 2.05) is 0 Å². The van der Waals surface area contributed by atoms with Crippen LogP contribution in [-0.2, 0) is 0 Å². The van der Waals surface area contributed by atoms with Gasteiger partial charge in [0, 0.05) is 0 Å². The van der Waals surface area contributed by atoms with Crippen molar-refractivity contribution in [1.29, 1.82) is 0 Å². The van der Waals surface area contributed by atoms with Crippen molar-refractivity contribution in [3.05, 3.63) is 22.3 Å². The minimum atomic E-state index is -0.219. The van der Waals surface area contributed by atoms with Gasteiger partial charge in [-0.15, -0.1) is 0 Å². The first-order valence-electron chi connectivity index (χ1n) is 4.17. The molecule has 0 amide bonds. The first-order chi connectivity index (χ1) is 7.62. The Labute approximate surface area is 90.2 Å². The summed E-state index contributed by atoms with van der Waals surface area (Å²) in [5.41, 5.74) is 9.82. The minimum absolute atomic E-state index is 0.180. The van der Waals surface area contributed by atoms with Gasteiger partial charge in [-0.1, -0.05) is 0 Å². The lowest BCUT2D eigenvalue weighted by atomic mass is 9.95. The third kappa shape index (κ3) is 1.46. The van der Waals surface area contributed by atoms with E-state index in [2.05, 4.69) is 0 Å². The summed E-state index contributed by atoms with van der Waals surface area (Å²) >= 11 is 0. The monoisotopic (exact) mass is 220 g/mol. The van der Waals surface area contributed by atoms with E-state index in [1.54, 1.807) is 0 Å². The maximum absolute atomic E-state index is 10.7. The van der Waals surface area contributed by atoms with Gasteiger partial charge in [-0.2, -0.15) is 0 Å². The van der Waals surface area contributed by atoms with Gasteiger partial charge in [-0.3, -0.25) is 19.2 Å². The Hall–Kier alpha value is -2.50. The Morgan fingerprint density at radius 2 is 0.750 bits per heavy atom. The molecule has 0 heterocycles. The number of hydrogen-bond donors (Lipinski definition) is 2. The van der Waals surface area contributed by atoms with Crippen LogP contribution in [0.1, 0.15) is 41.4 Å². The normalized spacial score (nSPS) is 9.50. The molecule has 0 bridgehead atoms. The molecule has 0 atom stereocenters. The van der Waals surface area contributed by atoms with E-state index < -0.39 is 0 Å². The highest BCUT2D eigenvalue weighted by Gasteiger charge is 2.19. The summed E-state index contributed by atoms with van der Waals surface area (Å²) in [4.78, 5) is 42.9. The Morgan fingerprint density at radius 1 is 0.562 bits per heavy atom. The lowest BCUT2D eigenvalue weighted by Gasteiger charge is -2.11. The second-order valence-electron chi connectivity index (χ2n) is 2.95. The van der Waals surface area contributed by atoms with E-state index in [4.69, 9.17) is 11.5 Å². The molecule has 0 unspecified atom stereocenters. The number of hydrogen-bond acceptors (Lipinski definition) is 6. The molecule has 0 spiro atoms. The van der Waals surface area contributed by atoms with Gasteiger partial charge in [0.2, 0.25) is 0 Å². The average Bonchev–Trinajstić information content (AvgIpc) is 2.30. The highest BCUT2D eigenvalue weighted by molar-refractivity contribution is 6.10. The zero-order valence-corrected chi connectivity index (χ0v) is 8.10. The molecular formula is C10H8N2O4. The Bertz CT molecular complexity index is 408. The van der Waals surface area contributed by atoms with Crippen LogP contribution in [0.5, 0.6) is 0 Å². The van der Waals surface area contributed by atoms with Gasteiger partial charge in [0.25, 0.3) is 0 Å². The van der Waals surface area contributed by atoms with Gasteiger partial charge < -0.3 is 11.5 Å². The van der Waals surface area contributed by atoms with Gasteiger partial charge in [-0.25, -0.2) is 0 Å². The molecule has 0 radical (unpaired) electrons. The fourth-order valence-electron chi connectivity index (χ4n) is 1.38. The van der Waals surface area contributed by atoms with Gasteiger partial charge in [0.1, 0.15) is 0 Å². The highest BCUT2D eigenvalue weighted by atomic mass is 16.1. The molecule has 0 aromatic heterocycles. The Kier molecular flexibility index (Phi) is 3.14.